The number of anilines is 1. The Kier molecular flexibility index (Phi) is 5.84. The summed E-state index contributed by atoms with van der Waals surface area (Å²) in [5, 5.41) is 3.24. The Morgan fingerprint density at radius 1 is 1.18 bits per heavy atom. The molecule has 1 N–H and O–H groups in total. The average molecular weight is 406 g/mol. The van der Waals surface area contributed by atoms with Gasteiger partial charge in [0, 0.05) is 23.8 Å². The molecule has 0 fully saturated rings. The predicted molar refractivity (Wildman–Crippen MR) is 102 cm³/mol. The largest absolute Gasteiger partial charge is 0.416 e. The predicted octanol–water partition coefficient (Wildman–Crippen LogP) is 5.26. The first-order chi connectivity index (χ1) is 13.3. The molecule has 0 radical (unpaired) electrons. The van der Waals surface area contributed by atoms with Crippen molar-refractivity contribution >= 4 is 29.4 Å². The molecule has 0 unspecified atom stereocenters. The van der Waals surface area contributed by atoms with Crippen LogP contribution in [0.5, 0.6) is 0 Å². The number of benzene rings is 2. The fourth-order valence-electron chi connectivity index (χ4n) is 2.48. The molecular formula is C20H15ClF3N3O. The fraction of sp³-hybridized carbons (Fsp3) is 0.100. The average Bonchev–Trinajstić information content (AvgIpc) is 3.06. The van der Waals surface area contributed by atoms with Crippen LogP contribution in [0.2, 0.25) is 5.02 Å². The maximum Gasteiger partial charge on any atom is 0.416 e. The quantitative estimate of drug-likeness (QED) is 0.589. The first-order valence-corrected chi connectivity index (χ1v) is 8.60. The van der Waals surface area contributed by atoms with Crippen molar-refractivity contribution in [1.82, 2.24) is 9.55 Å². The molecule has 0 aliphatic rings. The van der Waals surface area contributed by atoms with Crippen molar-refractivity contribution in [1.29, 1.82) is 0 Å². The number of rotatable bonds is 5. The van der Waals surface area contributed by atoms with E-state index >= 15 is 0 Å². The van der Waals surface area contributed by atoms with Crippen LogP contribution in [0.3, 0.4) is 0 Å². The lowest BCUT2D eigenvalue weighted by Gasteiger charge is -2.05. The SMILES string of the molecule is O=C(/C=C/c1ccc(C(F)(F)F)cc1)Nc1cn(Cc2cccc(Cl)c2)cn1. The molecule has 28 heavy (non-hydrogen) atoms. The van der Waals surface area contributed by atoms with Crippen molar-refractivity contribution in [3.05, 3.63) is 88.8 Å². The van der Waals surface area contributed by atoms with Gasteiger partial charge in [0.2, 0.25) is 5.91 Å². The van der Waals surface area contributed by atoms with Crippen molar-refractivity contribution in [3.63, 3.8) is 0 Å². The van der Waals surface area contributed by atoms with Gasteiger partial charge in [-0.25, -0.2) is 4.98 Å². The number of aromatic nitrogens is 2. The van der Waals surface area contributed by atoms with Gasteiger partial charge in [-0.1, -0.05) is 35.9 Å². The minimum atomic E-state index is -4.39. The van der Waals surface area contributed by atoms with Gasteiger partial charge < -0.3 is 9.88 Å². The van der Waals surface area contributed by atoms with E-state index in [1.54, 1.807) is 23.2 Å². The zero-order valence-corrected chi connectivity index (χ0v) is 15.2. The number of alkyl halides is 3. The van der Waals surface area contributed by atoms with Gasteiger partial charge in [0.1, 0.15) is 0 Å². The first-order valence-electron chi connectivity index (χ1n) is 8.22. The van der Waals surface area contributed by atoms with E-state index in [0.717, 1.165) is 17.7 Å². The van der Waals surface area contributed by atoms with Crippen LogP contribution in [0.25, 0.3) is 6.08 Å². The Morgan fingerprint density at radius 2 is 1.93 bits per heavy atom. The van der Waals surface area contributed by atoms with Gasteiger partial charge in [-0.15, -0.1) is 0 Å². The normalized spacial score (nSPS) is 11.7. The Balaban J connectivity index is 1.58. The van der Waals surface area contributed by atoms with E-state index in [2.05, 4.69) is 10.3 Å². The van der Waals surface area contributed by atoms with E-state index in [0.29, 0.717) is 22.9 Å². The molecule has 0 aliphatic heterocycles. The summed E-state index contributed by atoms with van der Waals surface area (Å²) in [4.78, 5) is 16.1. The van der Waals surface area contributed by atoms with E-state index < -0.39 is 17.6 Å². The number of amides is 1. The lowest BCUT2D eigenvalue weighted by Crippen LogP contribution is -2.08. The second-order valence-electron chi connectivity index (χ2n) is 6.00. The highest BCUT2D eigenvalue weighted by atomic mass is 35.5. The fourth-order valence-corrected chi connectivity index (χ4v) is 2.69. The molecule has 0 spiro atoms. The van der Waals surface area contributed by atoms with Crippen LogP contribution in [-0.2, 0) is 17.5 Å². The smallest absolute Gasteiger partial charge is 0.331 e. The molecule has 2 aromatic carbocycles. The second kappa shape index (κ2) is 8.31. The molecule has 4 nitrogen and oxygen atoms in total. The monoisotopic (exact) mass is 405 g/mol. The van der Waals surface area contributed by atoms with E-state index in [-0.39, 0.29) is 0 Å². The molecule has 0 saturated carbocycles. The highest BCUT2D eigenvalue weighted by molar-refractivity contribution is 6.30. The molecule has 1 amide bonds. The van der Waals surface area contributed by atoms with Crippen LogP contribution < -0.4 is 5.32 Å². The first kappa shape index (κ1) is 19.7. The standard InChI is InChI=1S/C20H15ClF3N3O/c21-17-3-1-2-15(10-17)11-27-12-18(25-13-27)26-19(28)9-6-14-4-7-16(8-5-14)20(22,23)24/h1-10,12-13H,11H2,(H,26,28)/b9-6+. The van der Waals surface area contributed by atoms with Gasteiger partial charge in [0.25, 0.3) is 0 Å². The summed E-state index contributed by atoms with van der Waals surface area (Å²) in [7, 11) is 0. The third kappa shape index (κ3) is 5.47. The van der Waals surface area contributed by atoms with Gasteiger partial charge in [-0.05, 0) is 41.5 Å². The highest BCUT2D eigenvalue weighted by Crippen LogP contribution is 2.29. The van der Waals surface area contributed by atoms with Gasteiger partial charge in [0.05, 0.1) is 11.9 Å². The molecule has 0 atom stereocenters. The number of nitrogens with one attached hydrogen (secondary N) is 1. The molecule has 3 rings (SSSR count). The lowest BCUT2D eigenvalue weighted by molar-refractivity contribution is -0.137. The number of halogens is 4. The summed E-state index contributed by atoms with van der Waals surface area (Å²) in [6, 6.07) is 11.9. The summed E-state index contributed by atoms with van der Waals surface area (Å²) in [5.41, 5.74) is 0.735. The molecule has 144 valence electrons. The minimum Gasteiger partial charge on any atom is -0.331 e. The van der Waals surface area contributed by atoms with Crippen LogP contribution in [0.15, 0.2) is 67.1 Å². The number of hydrogen-bond acceptors (Lipinski definition) is 2. The molecule has 8 heteroatoms. The van der Waals surface area contributed by atoms with Crippen LogP contribution in [-0.4, -0.2) is 15.5 Å². The number of carbonyl (C=O) groups excluding carboxylic acids is 1. The third-order valence-electron chi connectivity index (χ3n) is 3.80. The topological polar surface area (TPSA) is 46.9 Å². The van der Waals surface area contributed by atoms with Gasteiger partial charge in [-0.2, -0.15) is 13.2 Å². The molecular weight excluding hydrogens is 391 g/mol. The lowest BCUT2D eigenvalue weighted by atomic mass is 10.1. The maximum atomic E-state index is 12.5. The summed E-state index contributed by atoms with van der Waals surface area (Å²) in [6.07, 6.45) is 1.53. The van der Waals surface area contributed by atoms with Crippen molar-refractivity contribution in [2.24, 2.45) is 0 Å². The summed E-state index contributed by atoms with van der Waals surface area (Å²) in [6.45, 7) is 0.546. The number of imidazole rings is 1. The van der Waals surface area contributed by atoms with E-state index in [1.165, 1.54) is 24.3 Å². The maximum absolute atomic E-state index is 12.5. The summed E-state index contributed by atoms with van der Waals surface area (Å²) >= 11 is 5.96. The molecule has 1 aromatic heterocycles. The molecule has 0 aliphatic carbocycles. The number of nitrogens with zero attached hydrogens (tertiary/aromatic N) is 2. The van der Waals surface area contributed by atoms with Crippen LogP contribution in [0.1, 0.15) is 16.7 Å². The van der Waals surface area contributed by atoms with Crippen molar-refractivity contribution < 1.29 is 18.0 Å². The Bertz CT molecular complexity index is 994. The van der Waals surface area contributed by atoms with Gasteiger partial charge in [-0.3, -0.25) is 4.79 Å². The Hall–Kier alpha value is -3.06. The molecule has 0 saturated heterocycles. The van der Waals surface area contributed by atoms with Crippen molar-refractivity contribution in [2.75, 3.05) is 5.32 Å². The van der Waals surface area contributed by atoms with Crippen LogP contribution >= 0.6 is 11.6 Å². The Morgan fingerprint density at radius 3 is 2.61 bits per heavy atom. The highest BCUT2D eigenvalue weighted by Gasteiger charge is 2.29. The zero-order valence-electron chi connectivity index (χ0n) is 14.4. The summed E-state index contributed by atoms with van der Waals surface area (Å²) < 4.78 is 39.4. The van der Waals surface area contributed by atoms with Gasteiger partial charge >= 0.3 is 6.18 Å². The third-order valence-corrected chi connectivity index (χ3v) is 4.04. The number of carbonyl (C=O) groups is 1. The zero-order chi connectivity index (χ0) is 20.1. The molecule has 1 heterocycles. The van der Waals surface area contributed by atoms with E-state index in [4.69, 9.17) is 11.6 Å². The van der Waals surface area contributed by atoms with E-state index in [9.17, 15) is 18.0 Å². The van der Waals surface area contributed by atoms with Crippen LogP contribution in [0, 0.1) is 0 Å². The van der Waals surface area contributed by atoms with E-state index in [1.807, 2.05) is 18.2 Å². The summed E-state index contributed by atoms with van der Waals surface area (Å²) in [5.74, 6) is -0.0722. The van der Waals surface area contributed by atoms with Crippen molar-refractivity contribution in [2.45, 2.75) is 12.7 Å². The van der Waals surface area contributed by atoms with Gasteiger partial charge in [0.15, 0.2) is 5.82 Å². The Labute approximate surface area is 164 Å². The van der Waals surface area contributed by atoms with Crippen molar-refractivity contribution in [3.8, 4) is 0 Å². The molecule has 3 aromatic rings. The minimum absolute atomic E-state index is 0.365. The molecule has 0 bridgehead atoms. The number of hydrogen-bond donors (Lipinski definition) is 1. The van der Waals surface area contributed by atoms with Crippen LogP contribution in [0.4, 0.5) is 19.0 Å². The second-order valence-corrected chi connectivity index (χ2v) is 6.44.